The van der Waals surface area contributed by atoms with Gasteiger partial charge in [0.05, 0.1) is 29.7 Å². The van der Waals surface area contributed by atoms with E-state index in [1.165, 1.54) is 0 Å². The van der Waals surface area contributed by atoms with Gasteiger partial charge in [0.1, 0.15) is 5.82 Å². The Labute approximate surface area is 168 Å². The van der Waals surface area contributed by atoms with E-state index in [1.807, 2.05) is 63.5 Å². The quantitative estimate of drug-likeness (QED) is 0.569. The average molecular weight is 387 g/mol. The van der Waals surface area contributed by atoms with Gasteiger partial charge in [0.2, 0.25) is 5.91 Å². The number of carbonyl (C=O) groups excluding carboxylic acids is 1. The Balaban J connectivity index is 1.47. The van der Waals surface area contributed by atoms with Crippen molar-refractivity contribution in [2.24, 2.45) is 7.05 Å². The summed E-state index contributed by atoms with van der Waals surface area (Å²) in [6.07, 6.45) is 3.85. The van der Waals surface area contributed by atoms with Gasteiger partial charge >= 0.3 is 0 Å². The number of hydrogen-bond acceptors (Lipinski definition) is 5. The van der Waals surface area contributed by atoms with E-state index in [1.54, 1.807) is 21.6 Å². The zero-order chi connectivity index (χ0) is 20.4. The molecule has 0 bridgehead atoms. The standard InChI is InChI=1S/C21H21N7O/c1-14-18(16-12-22-27(3)13-16)9-10-20(23-14)24-21(29)11-19-15(2)28(26-25-19)17-7-5-4-6-8-17/h4-10,12-13H,11H2,1-3H3,(H,23,24,29). The molecule has 1 N–H and O–H groups in total. The molecule has 0 unspecified atom stereocenters. The molecule has 0 aliphatic rings. The van der Waals surface area contributed by atoms with E-state index in [-0.39, 0.29) is 12.3 Å². The fourth-order valence-electron chi connectivity index (χ4n) is 3.17. The van der Waals surface area contributed by atoms with E-state index in [0.717, 1.165) is 28.2 Å². The van der Waals surface area contributed by atoms with Crippen LogP contribution in [0.1, 0.15) is 17.1 Å². The Kier molecular flexibility index (Phi) is 4.90. The minimum atomic E-state index is -0.186. The highest BCUT2D eigenvalue weighted by atomic mass is 16.1. The first-order valence-electron chi connectivity index (χ1n) is 9.24. The molecule has 0 radical (unpaired) electrons. The van der Waals surface area contributed by atoms with Gasteiger partial charge in [-0.2, -0.15) is 5.10 Å². The Morgan fingerprint density at radius 3 is 2.59 bits per heavy atom. The van der Waals surface area contributed by atoms with Crippen LogP contribution in [0.4, 0.5) is 5.82 Å². The first kappa shape index (κ1) is 18.5. The summed E-state index contributed by atoms with van der Waals surface area (Å²) in [5.41, 5.74) is 5.17. The fourth-order valence-corrected chi connectivity index (χ4v) is 3.17. The molecule has 8 heteroatoms. The van der Waals surface area contributed by atoms with Crippen molar-refractivity contribution in [3.05, 3.63) is 71.9 Å². The van der Waals surface area contributed by atoms with Gasteiger partial charge in [-0.15, -0.1) is 5.10 Å². The van der Waals surface area contributed by atoms with Crippen LogP contribution in [0, 0.1) is 13.8 Å². The summed E-state index contributed by atoms with van der Waals surface area (Å²) in [7, 11) is 1.87. The molecule has 1 amide bonds. The van der Waals surface area contributed by atoms with Crippen molar-refractivity contribution in [2.75, 3.05) is 5.32 Å². The van der Waals surface area contributed by atoms with Gasteiger partial charge < -0.3 is 5.32 Å². The van der Waals surface area contributed by atoms with Crippen LogP contribution in [-0.2, 0) is 18.3 Å². The van der Waals surface area contributed by atoms with E-state index in [9.17, 15) is 4.79 Å². The third-order valence-corrected chi connectivity index (χ3v) is 4.69. The van der Waals surface area contributed by atoms with Crippen molar-refractivity contribution in [2.45, 2.75) is 20.3 Å². The van der Waals surface area contributed by atoms with Crippen LogP contribution < -0.4 is 5.32 Å². The second kappa shape index (κ2) is 7.67. The molecular weight excluding hydrogens is 366 g/mol. The van der Waals surface area contributed by atoms with E-state index in [0.29, 0.717) is 11.5 Å². The highest BCUT2D eigenvalue weighted by Crippen LogP contribution is 2.23. The number of amides is 1. The molecule has 4 aromatic rings. The number of anilines is 1. The van der Waals surface area contributed by atoms with E-state index in [2.05, 4.69) is 25.7 Å². The molecule has 8 nitrogen and oxygen atoms in total. The predicted molar refractivity (Wildman–Crippen MR) is 110 cm³/mol. The number of hydrogen-bond donors (Lipinski definition) is 1. The van der Waals surface area contributed by atoms with Crippen LogP contribution in [-0.4, -0.2) is 35.7 Å². The van der Waals surface area contributed by atoms with Gasteiger partial charge in [-0.05, 0) is 38.1 Å². The van der Waals surface area contributed by atoms with E-state index >= 15 is 0 Å². The summed E-state index contributed by atoms with van der Waals surface area (Å²) in [4.78, 5) is 17.0. The number of pyridine rings is 1. The molecule has 3 aromatic heterocycles. The Morgan fingerprint density at radius 2 is 1.90 bits per heavy atom. The molecule has 0 spiro atoms. The van der Waals surface area contributed by atoms with Gasteiger partial charge in [0, 0.05) is 30.1 Å². The number of rotatable bonds is 5. The zero-order valence-electron chi connectivity index (χ0n) is 16.5. The van der Waals surface area contributed by atoms with Gasteiger partial charge in [-0.3, -0.25) is 9.48 Å². The number of nitrogens with one attached hydrogen (secondary N) is 1. The summed E-state index contributed by atoms with van der Waals surface area (Å²) in [6.45, 7) is 3.81. The van der Waals surface area contributed by atoms with E-state index < -0.39 is 0 Å². The maximum absolute atomic E-state index is 12.5. The highest BCUT2D eigenvalue weighted by Gasteiger charge is 2.15. The molecule has 3 heterocycles. The normalized spacial score (nSPS) is 10.9. The van der Waals surface area contributed by atoms with Crippen LogP contribution in [0.25, 0.3) is 16.8 Å². The molecule has 0 aliphatic carbocycles. The maximum atomic E-state index is 12.5. The van der Waals surface area contributed by atoms with Gasteiger partial charge in [-0.25, -0.2) is 9.67 Å². The molecule has 0 aliphatic heterocycles. The van der Waals surface area contributed by atoms with Crippen LogP contribution in [0.2, 0.25) is 0 Å². The van der Waals surface area contributed by atoms with Gasteiger partial charge in [0.15, 0.2) is 0 Å². The summed E-state index contributed by atoms with van der Waals surface area (Å²) in [5.74, 6) is 0.322. The zero-order valence-corrected chi connectivity index (χ0v) is 16.5. The molecule has 0 atom stereocenters. The fraction of sp³-hybridized carbons (Fsp3) is 0.190. The molecule has 146 valence electrons. The molecule has 4 rings (SSSR count). The monoisotopic (exact) mass is 387 g/mol. The molecule has 29 heavy (non-hydrogen) atoms. The molecule has 1 aromatic carbocycles. The summed E-state index contributed by atoms with van der Waals surface area (Å²) >= 11 is 0. The molecule has 0 saturated carbocycles. The van der Waals surface area contributed by atoms with Crippen molar-refractivity contribution in [1.29, 1.82) is 0 Å². The van der Waals surface area contributed by atoms with Crippen molar-refractivity contribution in [1.82, 2.24) is 29.8 Å². The lowest BCUT2D eigenvalue weighted by atomic mass is 10.1. The number of aryl methyl sites for hydroxylation is 2. The van der Waals surface area contributed by atoms with Crippen LogP contribution in [0.15, 0.2) is 54.9 Å². The number of carbonyl (C=O) groups is 1. The van der Waals surface area contributed by atoms with Crippen molar-refractivity contribution < 1.29 is 4.79 Å². The largest absolute Gasteiger partial charge is 0.310 e. The SMILES string of the molecule is Cc1nc(NC(=O)Cc2nnn(-c3ccccc3)c2C)ccc1-c1cnn(C)c1. The first-order valence-corrected chi connectivity index (χ1v) is 9.24. The smallest absolute Gasteiger partial charge is 0.231 e. The van der Waals surface area contributed by atoms with Crippen molar-refractivity contribution in [3.63, 3.8) is 0 Å². The second-order valence-corrected chi connectivity index (χ2v) is 6.83. The molecular formula is C21H21N7O. The Bertz CT molecular complexity index is 1160. The summed E-state index contributed by atoms with van der Waals surface area (Å²) in [6, 6.07) is 13.4. The second-order valence-electron chi connectivity index (χ2n) is 6.83. The number of benzene rings is 1. The van der Waals surface area contributed by atoms with Crippen LogP contribution >= 0.6 is 0 Å². The Morgan fingerprint density at radius 1 is 1.10 bits per heavy atom. The van der Waals surface area contributed by atoms with Crippen LogP contribution in [0.5, 0.6) is 0 Å². The lowest BCUT2D eigenvalue weighted by Gasteiger charge is -2.08. The Hall–Kier alpha value is -3.81. The molecule has 0 saturated heterocycles. The van der Waals surface area contributed by atoms with Crippen molar-refractivity contribution in [3.8, 4) is 16.8 Å². The lowest BCUT2D eigenvalue weighted by Crippen LogP contribution is -2.16. The first-order chi connectivity index (χ1) is 14.0. The third-order valence-electron chi connectivity index (χ3n) is 4.69. The van der Waals surface area contributed by atoms with Crippen LogP contribution in [0.3, 0.4) is 0 Å². The topological polar surface area (TPSA) is 90.5 Å². The van der Waals surface area contributed by atoms with Gasteiger partial charge in [0.25, 0.3) is 0 Å². The summed E-state index contributed by atoms with van der Waals surface area (Å²) in [5, 5.41) is 15.4. The minimum absolute atomic E-state index is 0.129. The van der Waals surface area contributed by atoms with Crippen molar-refractivity contribution >= 4 is 11.7 Å². The third kappa shape index (κ3) is 3.91. The minimum Gasteiger partial charge on any atom is -0.310 e. The number of aromatic nitrogens is 6. The van der Waals surface area contributed by atoms with Gasteiger partial charge in [-0.1, -0.05) is 23.4 Å². The predicted octanol–water partition coefficient (Wildman–Crippen LogP) is 2.86. The number of para-hydroxylation sites is 1. The lowest BCUT2D eigenvalue weighted by molar-refractivity contribution is -0.115. The highest BCUT2D eigenvalue weighted by molar-refractivity contribution is 5.91. The van der Waals surface area contributed by atoms with E-state index in [4.69, 9.17) is 0 Å². The maximum Gasteiger partial charge on any atom is 0.231 e. The summed E-state index contributed by atoms with van der Waals surface area (Å²) < 4.78 is 3.48. The molecule has 0 fully saturated rings. The number of nitrogens with zero attached hydrogens (tertiary/aromatic N) is 6. The average Bonchev–Trinajstić information content (AvgIpc) is 3.29.